The van der Waals surface area contributed by atoms with Crippen molar-refractivity contribution in [1.82, 2.24) is 4.98 Å². The summed E-state index contributed by atoms with van der Waals surface area (Å²) >= 11 is 0. The third-order valence-corrected chi connectivity index (χ3v) is 6.60. The second kappa shape index (κ2) is 11.1. The van der Waals surface area contributed by atoms with Crippen LogP contribution in [0.1, 0.15) is 13.3 Å². The van der Waals surface area contributed by atoms with E-state index in [1.807, 2.05) is 0 Å². The second-order valence-electron chi connectivity index (χ2n) is 7.35. The first-order valence-corrected chi connectivity index (χ1v) is 11.6. The number of anilines is 2. The molecule has 1 aromatic rings. The first kappa shape index (κ1) is 26.1. The highest BCUT2D eigenvalue weighted by Crippen LogP contribution is 2.35. The SMILES string of the molecule is C=C(F)/C=C\C(=C)[C@H](C)C(=O)Nc1ccc2c(n1)N(S(=O)(=O)CCC(=C)OC)C[C@H](CO)O2. The maximum absolute atomic E-state index is 13.0. The molecule has 9 nitrogen and oxygen atoms in total. The van der Waals surface area contributed by atoms with Crippen LogP contribution in [-0.2, 0) is 19.6 Å². The number of carbonyl (C=O) groups excluding carboxylic acids is 1. The lowest BCUT2D eigenvalue weighted by Gasteiger charge is -2.34. The number of allylic oxidation sites excluding steroid dienone is 4. The molecule has 1 aromatic heterocycles. The quantitative estimate of drug-likeness (QED) is 0.369. The topological polar surface area (TPSA) is 118 Å². The summed E-state index contributed by atoms with van der Waals surface area (Å²) in [5, 5.41) is 12.1. The van der Waals surface area contributed by atoms with Crippen molar-refractivity contribution in [1.29, 1.82) is 0 Å². The van der Waals surface area contributed by atoms with E-state index in [0.29, 0.717) is 11.3 Å². The minimum Gasteiger partial charge on any atom is -0.502 e. The molecule has 0 unspecified atom stereocenters. The van der Waals surface area contributed by atoms with Gasteiger partial charge in [0.25, 0.3) is 0 Å². The summed E-state index contributed by atoms with van der Waals surface area (Å²) in [6.45, 7) is 11.5. The van der Waals surface area contributed by atoms with Crippen LogP contribution in [0, 0.1) is 5.92 Å². The monoisotopic (exact) mass is 481 g/mol. The molecule has 0 aliphatic carbocycles. The highest BCUT2D eigenvalue weighted by molar-refractivity contribution is 7.92. The van der Waals surface area contributed by atoms with Gasteiger partial charge in [0.2, 0.25) is 15.9 Å². The number of fused-ring (bicyclic) bond motifs is 1. The summed E-state index contributed by atoms with van der Waals surface area (Å²) in [6.07, 6.45) is 1.74. The van der Waals surface area contributed by atoms with Gasteiger partial charge in [0.1, 0.15) is 17.7 Å². The molecule has 11 heteroatoms. The predicted octanol–water partition coefficient (Wildman–Crippen LogP) is 2.69. The van der Waals surface area contributed by atoms with Crippen molar-refractivity contribution in [3.8, 4) is 5.75 Å². The molecule has 2 atom stereocenters. The minimum atomic E-state index is -3.88. The number of halogens is 1. The average Bonchev–Trinajstić information content (AvgIpc) is 2.79. The van der Waals surface area contributed by atoms with Gasteiger partial charge < -0.3 is 19.9 Å². The summed E-state index contributed by atoms with van der Waals surface area (Å²) in [6, 6.07) is 2.91. The Hall–Kier alpha value is -3.18. The molecule has 0 spiro atoms. The van der Waals surface area contributed by atoms with E-state index in [1.54, 1.807) is 6.92 Å². The van der Waals surface area contributed by atoms with Crippen LogP contribution < -0.4 is 14.4 Å². The van der Waals surface area contributed by atoms with E-state index in [-0.39, 0.29) is 36.1 Å². The molecule has 0 saturated heterocycles. The number of rotatable bonds is 11. The number of hydrogen-bond donors (Lipinski definition) is 2. The Morgan fingerprint density at radius 2 is 2.12 bits per heavy atom. The zero-order valence-corrected chi connectivity index (χ0v) is 19.4. The van der Waals surface area contributed by atoms with Gasteiger partial charge in [0.05, 0.1) is 37.7 Å². The molecule has 2 N–H and O–H groups in total. The summed E-state index contributed by atoms with van der Waals surface area (Å²) in [7, 11) is -2.48. The number of nitrogens with zero attached hydrogens (tertiary/aromatic N) is 2. The Kier molecular flexibility index (Phi) is 8.77. The first-order valence-electron chi connectivity index (χ1n) is 10.0. The van der Waals surface area contributed by atoms with Crippen LogP contribution in [0.25, 0.3) is 0 Å². The van der Waals surface area contributed by atoms with Gasteiger partial charge in [-0.05, 0) is 30.7 Å². The normalized spacial score (nSPS) is 16.5. The fraction of sp³-hybridized carbons (Fsp3) is 0.364. The molecule has 1 aliphatic heterocycles. The van der Waals surface area contributed by atoms with Crippen molar-refractivity contribution in [3.63, 3.8) is 0 Å². The van der Waals surface area contributed by atoms with Crippen molar-refractivity contribution in [2.75, 3.05) is 35.6 Å². The van der Waals surface area contributed by atoms with Crippen molar-refractivity contribution in [2.24, 2.45) is 5.92 Å². The molecule has 33 heavy (non-hydrogen) atoms. The van der Waals surface area contributed by atoms with Crippen molar-refractivity contribution < 1.29 is 32.2 Å². The van der Waals surface area contributed by atoms with Crippen molar-refractivity contribution in [3.05, 3.63) is 61.2 Å². The molecule has 0 fully saturated rings. The van der Waals surface area contributed by atoms with E-state index in [1.165, 1.54) is 25.3 Å². The smallest absolute Gasteiger partial charge is 0.236 e. The Labute approximate surface area is 193 Å². The van der Waals surface area contributed by atoms with Gasteiger partial charge in [-0.2, -0.15) is 0 Å². The van der Waals surface area contributed by atoms with Gasteiger partial charge in [-0.25, -0.2) is 22.1 Å². The number of aromatic nitrogens is 1. The zero-order valence-electron chi connectivity index (χ0n) is 18.6. The number of aliphatic hydroxyl groups is 1. The average molecular weight is 482 g/mol. The maximum Gasteiger partial charge on any atom is 0.236 e. The number of nitrogens with one attached hydrogen (secondary N) is 1. The van der Waals surface area contributed by atoms with Crippen molar-refractivity contribution in [2.45, 2.75) is 19.4 Å². The maximum atomic E-state index is 13.0. The van der Waals surface area contributed by atoms with Crippen LogP contribution in [0.2, 0.25) is 0 Å². The molecular formula is C22H28FN3O6S. The zero-order chi connectivity index (χ0) is 24.8. The summed E-state index contributed by atoms with van der Waals surface area (Å²) < 4.78 is 50.4. The van der Waals surface area contributed by atoms with Gasteiger partial charge in [0.15, 0.2) is 11.6 Å². The van der Waals surface area contributed by atoms with Crippen LogP contribution in [0.3, 0.4) is 0 Å². The molecule has 1 aliphatic rings. The number of sulfonamides is 1. The fourth-order valence-electron chi connectivity index (χ4n) is 2.80. The third-order valence-electron chi connectivity index (χ3n) is 4.88. The predicted molar refractivity (Wildman–Crippen MR) is 124 cm³/mol. The van der Waals surface area contributed by atoms with Crippen LogP contribution in [-0.4, -0.2) is 56.5 Å². The number of ether oxygens (including phenoxy) is 2. The van der Waals surface area contributed by atoms with Crippen LogP contribution in [0.4, 0.5) is 16.0 Å². The number of pyridine rings is 1. The van der Waals surface area contributed by atoms with Crippen molar-refractivity contribution >= 4 is 27.6 Å². The summed E-state index contributed by atoms with van der Waals surface area (Å²) in [5.41, 5.74) is 0.348. The standard InChI is InChI=1S/C22H28FN3O6S/c1-14(6-7-15(2)23)17(4)22(28)25-20-9-8-19-21(24-20)26(12-18(13-27)32-19)33(29,30)11-10-16(3)31-5/h6-9,17-18,27H,1-3,10-13H2,4-5H3,(H,24,25,28)/b7-6-/t17-,18+/m0/s1. The third kappa shape index (κ3) is 6.90. The van der Waals surface area contributed by atoms with Crippen LogP contribution in [0.15, 0.2) is 61.2 Å². The molecule has 1 amide bonds. The summed E-state index contributed by atoms with van der Waals surface area (Å²) in [5.74, 6) is -1.63. The Morgan fingerprint density at radius 1 is 1.42 bits per heavy atom. The van der Waals surface area contributed by atoms with Gasteiger partial charge in [-0.3, -0.25) is 4.79 Å². The molecule has 2 rings (SSSR count). The lowest BCUT2D eigenvalue weighted by molar-refractivity contribution is -0.118. The van der Waals surface area contributed by atoms with E-state index in [0.717, 1.165) is 10.4 Å². The van der Waals surface area contributed by atoms with Gasteiger partial charge in [-0.1, -0.05) is 25.8 Å². The molecule has 0 radical (unpaired) electrons. The first-order chi connectivity index (χ1) is 15.5. The van der Waals surface area contributed by atoms with E-state index in [2.05, 4.69) is 30.0 Å². The number of amides is 1. The summed E-state index contributed by atoms with van der Waals surface area (Å²) in [4.78, 5) is 16.8. The number of methoxy groups -OCH3 is 1. The van der Waals surface area contributed by atoms with Gasteiger partial charge in [0, 0.05) is 6.42 Å². The molecular weight excluding hydrogens is 453 g/mol. The van der Waals surface area contributed by atoms with E-state index in [4.69, 9.17) is 9.47 Å². The van der Waals surface area contributed by atoms with E-state index < -0.39 is 40.4 Å². The highest BCUT2D eigenvalue weighted by Gasteiger charge is 2.35. The molecule has 0 bridgehead atoms. The van der Waals surface area contributed by atoms with Gasteiger partial charge in [-0.15, -0.1) is 0 Å². The second-order valence-corrected chi connectivity index (χ2v) is 9.36. The highest BCUT2D eigenvalue weighted by atomic mass is 32.2. The molecule has 2 heterocycles. The largest absolute Gasteiger partial charge is 0.502 e. The van der Waals surface area contributed by atoms with Crippen LogP contribution >= 0.6 is 0 Å². The molecule has 0 aromatic carbocycles. The molecule has 0 saturated carbocycles. The number of carbonyl (C=O) groups is 1. The Bertz CT molecular complexity index is 1070. The minimum absolute atomic E-state index is 0.0133. The molecule has 180 valence electrons. The lowest BCUT2D eigenvalue weighted by Crippen LogP contribution is -2.46. The number of hydrogen-bond acceptors (Lipinski definition) is 7. The van der Waals surface area contributed by atoms with Gasteiger partial charge >= 0.3 is 0 Å². The van der Waals surface area contributed by atoms with E-state index in [9.17, 15) is 22.7 Å². The Morgan fingerprint density at radius 3 is 2.73 bits per heavy atom. The Balaban J connectivity index is 2.28. The number of aliphatic hydroxyl groups excluding tert-OH is 1. The fourth-order valence-corrected chi connectivity index (χ4v) is 4.30. The van der Waals surface area contributed by atoms with E-state index >= 15 is 0 Å². The van der Waals surface area contributed by atoms with Crippen LogP contribution in [0.5, 0.6) is 5.75 Å². The lowest BCUT2D eigenvalue weighted by atomic mass is 10.0.